The van der Waals surface area contributed by atoms with Crippen LogP contribution in [0.3, 0.4) is 0 Å². The van der Waals surface area contributed by atoms with Gasteiger partial charge in [0, 0.05) is 25.3 Å². The highest BCUT2D eigenvalue weighted by Crippen LogP contribution is 2.18. The van der Waals surface area contributed by atoms with Crippen LogP contribution < -0.4 is 5.32 Å². The Hall–Kier alpha value is -2.92. The van der Waals surface area contributed by atoms with Gasteiger partial charge in [0.2, 0.25) is 0 Å². The van der Waals surface area contributed by atoms with Crippen molar-refractivity contribution in [2.75, 3.05) is 13.2 Å². The topological polar surface area (TPSA) is 67.2 Å². The summed E-state index contributed by atoms with van der Waals surface area (Å²) in [5.74, 6) is -0.139. The van der Waals surface area contributed by atoms with Gasteiger partial charge in [-0.25, -0.2) is 4.68 Å². The van der Waals surface area contributed by atoms with E-state index in [1.54, 1.807) is 16.9 Å². The zero-order valence-electron chi connectivity index (χ0n) is 13.9. The molecule has 1 unspecified atom stereocenters. The summed E-state index contributed by atoms with van der Waals surface area (Å²) in [5, 5.41) is 16.5. The molecule has 0 saturated heterocycles. The van der Waals surface area contributed by atoms with Crippen molar-refractivity contribution < 1.29 is 9.90 Å². The Morgan fingerprint density at radius 2 is 1.72 bits per heavy atom. The zero-order valence-corrected chi connectivity index (χ0v) is 13.9. The fourth-order valence-electron chi connectivity index (χ4n) is 2.74. The SMILES string of the molecule is O=C(NCC(CCO)c1ccccc1)c1ccn(-c2ccccc2)n1. The normalized spacial score (nSPS) is 11.9. The Labute approximate surface area is 146 Å². The quantitative estimate of drug-likeness (QED) is 0.698. The lowest BCUT2D eigenvalue weighted by molar-refractivity contribution is 0.0944. The lowest BCUT2D eigenvalue weighted by atomic mass is 9.96. The van der Waals surface area contributed by atoms with Crippen LogP contribution in [0, 0.1) is 0 Å². The molecule has 2 aromatic carbocycles. The van der Waals surface area contributed by atoms with Gasteiger partial charge in [-0.15, -0.1) is 0 Å². The van der Waals surface area contributed by atoms with Crippen molar-refractivity contribution in [3.63, 3.8) is 0 Å². The molecule has 1 atom stereocenters. The summed E-state index contributed by atoms with van der Waals surface area (Å²) >= 11 is 0. The van der Waals surface area contributed by atoms with E-state index in [1.165, 1.54) is 0 Å². The minimum atomic E-state index is -0.214. The van der Waals surface area contributed by atoms with Crippen LogP contribution in [0.4, 0.5) is 0 Å². The summed E-state index contributed by atoms with van der Waals surface area (Å²) in [4.78, 5) is 12.4. The van der Waals surface area contributed by atoms with Gasteiger partial charge in [0.25, 0.3) is 5.91 Å². The van der Waals surface area contributed by atoms with E-state index in [9.17, 15) is 9.90 Å². The van der Waals surface area contributed by atoms with Crippen LogP contribution in [0.1, 0.15) is 28.4 Å². The highest BCUT2D eigenvalue weighted by molar-refractivity contribution is 5.92. The van der Waals surface area contributed by atoms with E-state index in [-0.39, 0.29) is 18.4 Å². The van der Waals surface area contributed by atoms with Gasteiger partial charge in [-0.1, -0.05) is 48.5 Å². The standard InChI is InChI=1S/C20H21N3O2/c24-14-12-17(16-7-3-1-4-8-16)15-21-20(25)19-11-13-23(22-19)18-9-5-2-6-10-18/h1-11,13,17,24H,12,14-15H2,(H,21,25). The molecule has 0 aliphatic carbocycles. The van der Waals surface area contributed by atoms with Crippen molar-refractivity contribution in [3.8, 4) is 5.69 Å². The molecule has 2 N–H and O–H groups in total. The first-order chi connectivity index (χ1) is 12.3. The molecule has 0 fully saturated rings. The van der Waals surface area contributed by atoms with Gasteiger partial charge in [0.05, 0.1) is 5.69 Å². The van der Waals surface area contributed by atoms with E-state index in [1.807, 2.05) is 60.7 Å². The lowest BCUT2D eigenvalue weighted by Gasteiger charge is -2.16. The molecule has 0 aliphatic rings. The molecule has 0 bridgehead atoms. The Morgan fingerprint density at radius 1 is 1.04 bits per heavy atom. The van der Waals surface area contributed by atoms with Crippen molar-refractivity contribution in [3.05, 3.63) is 84.2 Å². The third-order valence-corrected chi connectivity index (χ3v) is 4.10. The molecule has 5 nitrogen and oxygen atoms in total. The minimum Gasteiger partial charge on any atom is -0.396 e. The molecule has 1 amide bonds. The second-order valence-corrected chi connectivity index (χ2v) is 5.81. The first-order valence-corrected chi connectivity index (χ1v) is 8.33. The molecule has 1 heterocycles. The largest absolute Gasteiger partial charge is 0.396 e. The highest BCUT2D eigenvalue weighted by atomic mass is 16.3. The number of carbonyl (C=O) groups is 1. The molecule has 1 aromatic heterocycles. The number of carbonyl (C=O) groups excluding carboxylic acids is 1. The molecule has 3 aromatic rings. The van der Waals surface area contributed by atoms with E-state index >= 15 is 0 Å². The second-order valence-electron chi connectivity index (χ2n) is 5.81. The van der Waals surface area contributed by atoms with Crippen LogP contribution in [0.25, 0.3) is 5.69 Å². The maximum Gasteiger partial charge on any atom is 0.271 e. The Morgan fingerprint density at radius 3 is 2.40 bits per heavy atom. The fourth-order valence-corrected chi connectivity index (χ4v) is 2.74. The van der Waals surface area contributed by atoms with E-state index in [0.29, 0.717) is 18.7 Å². The molecule has 128 valence electrons. The predicted octanol–water partition coefficient (Wildman–Crippen LogP) is 2.77. The smallest absolute Gasteiger partial charge is 0.271 e. The number of amides is 1. The van der Waals surface area contributed by atoms with Crippen LogP contribution in [-0.4, -0.2) is 33.9 Å². The number of aliphatic hydroxyl groups is 1. The molecule has 0 radical (unpaired) electrons. The van der Waals surface area contributed by atoms with Crippen molar-refractivity contribution in [2.24, 2.45) is 0 Å². The van der Waals surface area contributed by atoms with Gasteiger partial charge < -0.3 is 10.4 Å². The highest BCUT2D eigenvalue weighted by Gasteiger charge is 2.15. The van der Waals surface area contributed by atoms with E-state index < -0.39 is 0 Å². The van der Waals surface area contributed by atoms with Gasteiger partial charge in [0.15, 0.2) is 5.69 Å². The summed E-state index contributed by atoms with van der Waals surface area (Å²) in [7, 11) is 0. The van der Waals surface area contributed by atoms with Crippen LogP contribution in [-0.2, 0) is 0 Å². The number of aromatic nitrogens is 2. The molecular weight excluding hydrogens is 314 g/mol. The average molecular weight is 335 g/mol. The van der Waals surface area contributed by atoms with Gasteiger partial charge in [0.1, 0.15) is 0 Å². The maximum absolute atomic E-state index is 12.4. The second kappa shape index (κ2) is 8.26. The Balaban J connectivity index is 1.65. The van der Waals surface area contributed by atoms with Crippen molar-refractivity contribution >= 4 is 5.91 Å². The van der Waals surface area contributed by atoms with Gasteiger partial charge >= 0.3 is 0 Å². The fraction of sp³-hybridized carbons (Fsp3) is 0.200. The number of aliphatic hydroxyl groups excluding tert-OH is 1. The number of para-hydroxylation sites is 1. The first kappa shape index (κ1) is 16.9. The van der Waals surface area contributed by atoms with E-state index in [0.717, 1.165) is 11.3 Å². The van der Waals surface area contributed by atoms with Gasteiger partial charge in [-0.05, 0) is 30.2 Å². The number of nitrogens with one attached hydrogen (secondary N) is 1. The molecular formula is C20H21N3O2. The number of hydrogen-bond donors (Lipinski definition) is 2. The van der Waals surface area contributed by atoms with Crippen LogP contribution in [0.5, 0.6) is 0 Å². The molecule has 25 heavy (non-hydrogen) atoms. The predicted molar refractivity (Wildman–Crippen MR) is 96.8 cm³/mol. The Kier molecular flexibility index (Phi) is 5.59. The van der Waals surface area contributed by atoms with Crippen LogP contribution in [0.2, 0.25) is 0 Å². The number of rotatable bonds is 7. The zero-order chi connectivity index (χ0) is 17.5. The monoisotopic (exact) mass is 335 g/mol. The van der Waals surface area contributed by atoms with E-state index in [4.69, 9.17) is 0 Å². The summed E-state index contributed by atoms with van der Waals surface area (Å²) in [5.41, 5.74) is 2.38. The molecule has 0 aliphatic heterocycles. The molecule has 5 heteroatoms. The van der Waals surface area contributed by atoms with E-state index in [2.05, 4.69) is 10.4 Å². The van der Waals surface area contributed by atoms with Crippen molar-refractivity contribution in [2.45, 2.75) is 12.3 Å². The number of benzene rings is 2. The summed E-state index contributed by atoms with van der Waals surface area (Å²) in [6.45, 7) is 0.541. The summed E-state index contributed by atoms with van der Waals surface area (Å²) in [6.07, 6.45) is 2.37. The molecule has 3 rings (SSSR count). The maximum atomic E-state index is 12.4. The molecule has 0 spiro atoms. The number of nitrogens with zero attached hydrogens (tertiary/aromatic N) is 2. The first-order valence-electron chi connectivity index (χ1n) is 8.33. The van der Waals surface area contributed by atoms with Crippen LogP contribution in [0.15, 0.2) is 72.9 Å². The third-order valence-electron chi connectivity index (χ3n) is 4.10. The molecule has 0 saturated carbocycles. The Bertz CT molecular complexity index is 800. The summed E-state index contributed by atoms with van der Waals surface area (Å²) in [6, 6.07) is 21.2. The average Bonchev–Trinajstić information content (AvgIpc) is 3.16. The van der Waals surface area contributed by atoms with Crippen molar-refractivity contribution in [1.29, 1.82) is 0 Å². The number of hydrogen-bond acceptors (Lipinski definition) is 3. The minimum absolute atomic E-state index is 0.0753. The van der Waals surface area contributed by atoms with Crippen LogP contribution >= 0.6 is 0 Å². The lowest BCUT2D eigenvalue weighted by Crippen LogP contribution is -2.29. The summed E-state index contributed by atoms with van der Waals surface area (Å²) < 4.78 is 1.68. The van der Waals surface area contributed by atoms with Gasteiger partial charge in [-0.2, -0.15) is 5.10 Å². The third kappa shape index (κ3) is 4.33. The van der Waals surface area contributed by atoms with Crippen molar-refractivity contribution in [1.82, 2.24) is 15.1 Å². The van der Waals surface area contributed by atoms with Gasteiger partial charge in [-0.3, -0.25) is 4.79 Å².